The van der Waals surface area contributed by atoms with Gasteiger partial charge in [-0.15, -0.1) is 0 Å². The lowest BCUT2D eigenvalue weighted by atomic mass is 10.1. The van der Waals surface area contributed by atoms with Crippen LogP contribution in [-0.4, -0.2) is 64.1 Å². The lowest BCUT2D eigenvalue weighted by Crippen LogP contribution is -2.31. The summed E-state index contributed by atoms with van der Waals surface area (Å²) in [5.41, 5.74) is 1.07. The molecule has 2 aliphatic rings. The third-order valence-electron chi connectivity index (χ3n) is 6.01. The lowest BCUT2D eigenvalue weighted by Gasteiger charge is -2.23. The maximum Gasteiger partial charge on any atom is 0.340 e. The number of carbonyl (C=O) groups is 2. The standard InChI is InChI=1S/C24H28N2O7S/c1-3-26(4-2)34(29,30)18-8-9-20(25-11-5-6-12-25)19(14-18)24(28)31-15-21(27)17-7-10-22-23(13-17)33-16-32-22/h7-10,13-14H,3-6,11-12,15-16H2,1-2H3. The van der Waals surface area contributed by atoms with E-state index in [0.717, 1.165) is 25.9 Å². The number of benzene rings is 2. The number of fused-ring (bicyclic) bond motifs is 1. The van der Waals surface area contributed by atoms with Crippen molar-refractivity contribution in [2.75, 3.05) is 44.5 Å². The molecule has 34 heavy (non-hydrogen) atoms. The van der Waals surface area contributed by atoms with Crippen molar-refractivity contribution in [2.45, 2.75) is 31.6 Å². The second-order valence-corrected chi connectivity index (χ2v) is 9.97. The minimum absolute atomic E-state index is 0.0215. The van der Waals surface area contributed by atoms with Crippen molar-refractivity contribution in [2.24, 2.45) is 0 Å². The topological polar surface area (TPSA) is 102 Å². The molecule has 0 saturated carbocycles. The second kappa shape index (κ2) is 10.0. The van der Waals surface area contributed by atoms with Gasteiger partial charge in [0.15, 0.2) is 23.9 Å². The summed E-state index contributed by atoms with van der Waals surface area (Å²) >= 11 is 0. The van der Waals surface area contributed by atoms with Gasteiger partial charge in [-0.3, -0.25) is 4.79 Å². The van der Waals surface area contributed by atoms with Crippen molar-refractivity contribution in [3.8, 4) is 11.5 Å². The van der Waals surface area contributed by atoms with E-state index in [0.29, 0.717) is 35.8 Å². The second-order valence-electron chi connectivity index (χ2n) is 8.03. The highest BCUT2D eigenvalue weighted by atomic mass is 32.2. The molecular formula is C24H28N2O7S. The van der Waals surface area contributed by atoms with E-state index in [2.05, 4.69) is 0 Å². The van der Waals surface area contributed by atoms with Crippen LogP contribution in [0.5, 0.6) is 11.5 Å². The summed E-state index contributed by atoms with van der Waals surface area (Å²) in [4.78, 5) is 27.8. The smallest absolute Gasteiger partial charge is 0.340 e. The van der Waals surface area contributed by atoms with Crippen LogP contribution < -0.4 is 14.4 Å². The van der Waals surface area contributed by atoms with E-state index in [1.807, 2.05) is 4.90 Å². The number of carbonyl (C=O) groups excluding carboxylic acids is 2. The summed E-state index contributed by atoms with van der Waals surface area (Å²) in [6, 6.07) is 9.29. The van der Waals surface area contributed by atoms with Crippen molar-refractivity contribution in [3.63, 3.8) is 0 Å². The average molecular weight is 489 g/mol. The fourth-order valence-electron chi connectivity index (χ4n) is 4.15. The Hall–Kier alpha value is -3.11. The van der Waals surface area contributed by atoms with Crippen molar-refractivity contribution < 1.29 is 32.2 Å². The van der Waals surface area contributed by atoms with Gasteiger partial charge in [-0.05, 0) is 49.2 Å². The number of anilines is 1. The molecule has 0 aliphatic carbocycles. The monoisotopic (exact) mass is 488 g/mol. The Bertz CT molecular complexity index is 1190. The molecule has 2 aromatic rings. The highest BCUT2D eigenvalue weighted by molar-refractivity contribution is 7.89. The number of hydrogen-bond acceptors (Lipinski definition) is 8. The summed E-state index contributed by atoms with van der Waals surface area (Å²) < 4.78 is 43.3. The van der Waals surface area contributed by atoms with E-state index >= 15 is 0 Å². The number of esters is 1. The molecule has 0 aromatic heterocycles. The third kappa shape index (κ3) is 4.74. The van der Waals surface area contributed by atoms with Crippen molar-refractivity contribution in [1.82, 2.24) is 4.31 Å². The van der Waals surface area contributed by atoms with Crippen LogP contribution in [0.2, 0.25) is 0 Å². The van der Waals surface area contributed by atoms with E-state index in [1.54, 1.807) is 38.1 Å². The van der Waals surface area contributed by atoms with Gasteiger partial charge >= 0.3 is 5.97 Å². The van der Waals surface area contributed by atoms with E-state index < -0.39 is 28.4 Å². The van der Waals surface area contributed by atoms with Crippen LogP contribution in [0.3, 0.4) is 0 Å². The Morgan fingerprint density at radius 2 is 1.71 bits per heavy atom. The van der Waals surface area contributed by atoms with E-state index in [1.165, 1.54) is 16.4 Å². The number of ketones is 1. The van der Waals surface area contributed by atoms with Crippen LogP contribution in [0.15, 0.2) is 41.3 Å². The number of Topliss-reactive ketones (excluding diaryl/α,β-unsaturated/α-hetero) is 1. The summed E-state index contributed by atoms with van der Waals surface area (Å²) in [7, 11) is -3.76. The van der Waals surface area contributed by atoms with Gasteiger partial charge in [-0.2, -0.15) is 4.31 Å². The first-order valence-corrected chi connectivity index (χ1v) is 12.8. The van der Waals surface area contributed by atoms with Crippen LogP contribution in [0, 0.1) is 0 Å². The van der Waals surface area contributed by atoms with Gasteiger partial charge in [0.1, 0.15) is 0 Å². The zero-order chi connectivity index (χ0) is 24.3. The SMILES string of the molecule is CCN(CC)S(=O)(=O)c1ccc(N2CCCC2)c(C(=O)OCC(=O)c2ccc3c(c2)OCO3)c1. The molecule has 2 aromatic carbocycles. The van der Waals surface area contributed by atoms with Crippen LogP contribution in [0.1, 0.15) is 47.4 Å². The molecule has 0 bridgehead atoms. The summed E-state index contributed by atoms with van der Waals surface area (Å²) in [6.45, 7) is 5.29. The minimum atomic E-state index is -3.76. The van der Waals surface area contributed by atoms with Gasteiger partial charge < -0.3 is 19.1 Å². The predicted molar refractivity (Wildman–Crippen MR) is 125 cm³/mol. The number of ether oxygens (including phenoxy) is 3. The maximum atomic E-state index is 13.1. The number of hydrogen-bond donors (Lipinski definition) is 0. The molecule has 0 unspecified atom stereocenters. The van der Waals surface area contributed by atoms with Crippen LogP contribution in [0.4, 0.5) is 5.69 Å². The van der Waals surface area contributed by atoms with Gasteiger partial charge in [-0.25, -0.2) is 13.2 Å². The quantitative estimate of drug-likeness (QED) is 0.392. The fourth-order valence-corrected chi connectivity index (χ4v) is 5.63. The van der Waals surface area contributed by atoms with Crippen LogP contribution >= 0.6 is 0 Å². The molecule has 182 valence electrons. The first kappa shape index (κ1) is 24.0. The van der Waals surface area contributed by atoms with E-state index in [4.69, 9.17) is 14.2 Å². The zero-order valence-corrected chi connectivity index (χ0v) is 20.1. The van der Waals surface area contributed by atoms with Gasteiger partial charge in [0.2, 0.25) is 16.8 Å². The largest absolute Gasteiger partial charge is 0.454 e. The summed E-state index contributed by atoms with van der Waals surface area (Å²) in [5.74, 6) is -0.133. The summed E-state index contributed by atoms with van der Waals surface area (Å²) in [6.07, 6.45) is 1.97. The Kier molecular flexibility index (Phi) is 7.08. The number of nitrogens with zero attached hydrogens (tertiary/aromatic N) is 2. The van der Waals surface area contributed by atoms with Gasteiger partial charge in [0.05, 0.1) is 16.1 Å². The summed E-state index contributed by atoms with van der Waals surface area (Å²) in [5, 5.41) is 0. The highest BCUT2D eigenvalue weighted by Gasteiger charge is 2.27. The Balaban J connectivity index is 1.57. The van der Waals surface area contributed by atoms with Crippen LogP contribution in [-0.2, 0) is 14.8 Å². The molecule has 0 atom stereocenters. The molecule has 0 spiro atoms. The Morgan fingerprint density at radius 3 is 2.41 bits per heavy atom. The lowest BCUT2D eigenvalue weighted by molar-refractivity contribution is 0.0475. The van der Waals surface area contributed by atoms with Crippen molar-refractivity contribution in [1.29, 1.82) is 0 Å². The molecule has 1 saturated heterocycles. The fraction of sp³-hybridized carbons (Fsp3) is 0.417. The highest BCUT2D eigenvalue weighted by Crippen LogP contribution is 2.33. The maximum absolute atomic E-state index is 13.1. The Morgan fingerprint density at radius 1 is 1.00 bits per heavy atom. The van der Waals surface area contributed by atoms with Gasteiger partial charge in [0.25, 0.3) is 0 Å². The molecule has 1 fully saturated rings. The van der Waals surface area contributed by atoms with E-state index in [9.17, 15) is 18.0 Å². The first-order valence-electron chi connectivity index (χ1n) is 11.3. The third-order valence-corrected chi connectivity index (χ3v) is 8.05. The molecule has 2 aliphatic heterocycles. The molecule has 2 heterocycles. The predicted octanol–water partition coefficient (Wildman–Crippen LogP) is 3.09. The van der Waals surface area contributed by atoms with Gasteiger partial charge in [0, 0.05) is 31.7 Å². The molecule has 0 amide bonds. The van der Waals surface area contributed by atoms with Crippen LogP contribution in [0.25, 0.3) is 0 Å². The first-order chi connectivity index (χ1) is 16.3. The molecule has 9 nitrogen and oxygen atoms in total. The van der Waals surface area contributed by atoms with Gasteiger partial charge in [-0.1, -0.05) is 13.8 Å². The molecular weight excluding hydrogens is 460 g/mol. The van der Waals surface area contributed by atoms with E-state index in [-0.39, 0.29) is 17.3 Å². The molecule has 4 rings (SSSR count). The van der Waals surface area contributed by atoms with Crippen molar-refractivity contribution >= 4 is 27.5 Å². The van der Waals surface area contributed by atoms with Crippen molar-refractivity contribution in [3.05, 3.63) is 47.5 Å². The molecule has 0 N–H and O–H groups in total. The molecule has 0 radical (unpaired) electrons. The number of rotatable bonds is 9. The Labute approximate surface area is 199 Å². The normalized spacial score (nSPS) is 15.1. The molecule has 10 heteroatoms. The minimum Gasteiger partial charge on any atom is -0.454 e. The zero-order valence-electron chi connectivity index (χ0n) is 19.3. The average Bonchev–Trinajstić information content (AvgIpc) is 3.54. The number of sulfonamides is 1.